The molecule has 1 heterocycles. The van der Waals surface area contributed by atoms with Crippen LogP contribution in [0.3, 0.4) is 0 Å². The standard InChI is InChI=1S/C21H24Cl2N6/c1-2-20-28-27-15-29(20)11-10-24-21(25-13-16-6-4-3-5-7-16)26-14-17-8-9-18(22)12-19(17)23/h3-9,12,15H,2,10-11,13-14H2,1H3,(H2,24,25,26). The van der Waals surface area contributed by atoms with E-state index in [2.05, 4.69) is 39.9 Å². The molecule has 0 aliphatic rings. The molecule has 0 atom stereocenters. The van der Waals surface area contributed by atoms with Crippen molar-refractivity contribution in [2.45, 2.75) is 33.0 Å². The zero-order valence-electron chi connectivity index (χ0n) is 16.3. The second-order valence-electron chi connectivity index (χ2n) is 6.46. The van der Waals surface area contributed by atoms with Gasteiger partial charge in [0.25, 0.3) is 0 Å². The minimum Gasteiger partial charge on any atom is -0.355 e. The summed E-state index contributed by atoms with van der Waals surface area (Å²) in [5.41, 5.74) is 2.10. The van der Waals surface area contributed by atoms with E-state index in [4.69, 9.17) is 28.2 Å². The highest BCUT2D eigenvalue weighted by Crippen LogP contribution is 2.20. The Kier molecular flexibility index (Phi) is 7.90. The molecular weight excluding hydrogens is 407 g/mol. The van der Waals surface area contributed by atoms with Gasteiger partial charge in [0, 0.05) is 36.1 Å². The number of benzene rings is 2. The molecule has 2 aromatic carbocycles. The molecule has 0 saturated carbocycles. The van der Waals surface area contributed by atoms with Gasteiger partial charge < -0.3 is 15.2 Å². The average molecular weight is 431 g/mol. The first-order valence-electron chi connectivity index (χ1n) is 9.52. The average Bonchev–Trinajstić information content (AvgIpc) is 3.19. The fourth-order valence-corrected chi connectivity index (χ4v) is 3.28. The largest absolute Gasteiger partial charge is 0.355 e. The van der Waals surface area contributed by atoms with Crippen molar-refractivity contribution in [3.63, 3.8) is 0 Å². The minimum atomic E-state index is 0.545. The van der Waals surface area contributed by atoms with Crippen molar-refractivity contribution < 1.29 is 0 Å². The lowest BCUT2D eigenvalue weighted by Crippen LogP contribution is -2.38. The van der Waals surface area contributed by atoms with Crippen molar-refractivity contribution in [3.8, 4) is 0 Å². The lowest BCUT2D eigenvalue weighted by atomic mass is 10.2. The molecular formula is C21H24Cl2N6. The molecule has 0 aliphatic carbocycles. The van der Waals surface area contributed by atoms with Gasteiger partial charge in [0.15, 0.2) is 5.96 Å². The second kappa shape index (κ2) is 10.8. The molecule has 29 heavy (non-hydrogen) atoms. The Morgan fingerprint density at radius 2 is 1.93 bits per heavy atom. The molecule has 0 fully saturated rings. The second-order valence-corrected chi connectivity index (χ2v) is 7.30. The van der Waals surface area contributed by atoms with Gasteiger partial charge in [0.2, 0.25) is 0 Å². The van der Waals surface area contributed by atoms with E-state index in [0.717, 1.165) is 29.9 Å². The maximum Gasteiger partial charge on any atom is 0.191 e. The van der Waals surface area contributed by atoms with Crippen LogP contribution in [-0.2, 0) is 26.1 Å². The van der Waals surface area contributed by atoms with Crippen molar-refractivity contribution in [2.75, 3.05) is 6.54 Å². The number of aryl methyl sites for hydroxylation is 1. The van der Waals surface area contributed by atoms with E-state index >= 15 is 0 Å². The fraction of sp³-hybridized carbons (Fsp3) is 0.286. The Morgan fingerprint density at radius 3 is 2.69 bits per heavy atom. The first-order chi connectivity index (χ1) is 14.2. The first-order valence-corrected chi connectivity index (χ1v) is 10.3. The van der Waals surface area contributed by atoms with Gasteiger partial charge in [-0.3, -0.25) is 0 Å². The van der Waals surface area contributed by atoms with Gasteiger partial charge in [-0.25, -0.2) is 4.99 Å². The highest BCUT2D eigenvalue weighted by Gasteiger charge is 2.05. The third-order valence-electron chi connectivity index (χ3n) is 4.38. The third kappa shape index (κ3) is 6.48. The molecule has 0 amide bonds. The van der Waals surface area contributed by atoms with Gasteiger partial charge in [-0.2, -0.15) is 0 Å². The van der Waals surface area contributed by atoms with Crippen LogP contribution in [0.4, 0.5) is 0 Å². The number of aromatic nitrogens is 3. The van der Waals surface area contributed by atoms with Crippen LogP contribution in [0.1, 0.15) is 23.9 Å². The van der Waals surface area contributed by atoms with E-state index in [0.29, 0.717) is 35.6 Å². The third-order valence-corrected chi connectivity index (χ3v) is 4.97. The van der Waals surface area contributed by atoms with Crippen LogP contribution in [-0.4, -0.2) is 27.3 Å². The molecule has 152 valence electrons. The molecule has 0 spiro atoms. The number of nitrogens with one attached hydrogen (secondary N) is 2. The maximum absolute atomic E-state index is 6.29. The molecule has 0 bridgehead atoms. The predicted octanol–water partition coefficient (Wildman–Crippen LogP) is 4.08. The number of aliphatic imine (C=N–C) groups is 1. The number of nitrogens with zero attached hydrogens (tertiary/aromatic N) is 4. The van der Waals surface area contributed by atoms with Gasteiger partial charge in [-0.15, -0.1) is 10.2 Å². The zero-order chi connectivity index (χ0) is 20.5. The van der Waals surface area contributed by atoms with E-state index in [9.17, 15) is 0 Å². The van der Waals surface area contributed by atoms with Crippen molar-refractivity contribution in [1.29, 1.82) is 0 Å². The molecule has 2 N–H and O–H groups in total. The molecule has 0 unspecified atom stereocenters. The van der Waals surface area contributed by atoms with E-state index in [1.807, 2.05) is 34.9 Å². The van der Waals surface area contributed by atoms with Crippen LogP contribution in [0.2, 0.25) is 10.0 Å². The summed E-state index contributed by atoms with van der Waals surface area (Å²) in [6, 6.07) is 15.6. The van der Waals surface area contributed by atoms with E-state index in [1.165, 1.54) is 0 Å². The normalized spacial score (nSPS) is 11.5. The van der Waals surface area contributed by atoms with Crippen LogP contribution in [0.25, 0.3) is 0 Å². The summed E-state index contributed by atoms with van der Waals surface area (Å²) in [6.45, 7) is 4.64. The van der Waals surface area contributed by atoms with Crippen molar-refractivity contribution in [2.24, 2.45) is 4.99 Å². The Bertz CT molecular complexity index is 939. The number of hydrogen-bond donors (Lipinski definition) is 2. The van der Waals surface area contributed by atoms with Gasteiger partial charge in [-0.1, -0.05) is 66.5 Å². The summed E-state index contributed by atoms with van der Waals surface area (Å²) in [5, 5.41) is 16.1. The highest BCUT2D eigenvalue weighted by molar-refractivity contribution is 6.35. The summed E-state index contributed by atoms with van der Waals surface area (Å²) in [7, 11) is 0. The monoisotopic (exact) mass is 430 g/mol. The van der Waals surface area contributed by atoms with Crippen LogP contribution in [0.5, 0.6) is 0 Å². The Hall–Kier alpha value is -2.57. The summed E-state index contributed by atoms with van der Waals surface area (Å²) in [6.07, 6.45) is 2.60. The van der Waals surface area contributed by atoms with Crippen molar-refractivity contribution in [1.82, 2.24) is 25.4 Å². The molecule has 0 aliphatic heterocycles. The van der Waals surface area contributed by atoms with E-state index < -0.39 is 0 Å². The zero-order valence-corrected chi connectivity index (χ0v) is 17.8. The number of hydrogen-bond acceptors (Lipinski definition) is 3. The Balaban J connectivity index is 1.63. The SMILES string of the molecule is CCc1nncn1CCNC(=NCc1ccccc1)NCc1ccc(Cl)cc1Cl. The van der Waals surface area contributed by atoms with Gasteiger partial charge in [-0.05, 0) is 23.3 Å². The maximum atomic E-state index is 6.29. The summed E-state index contributed by atoms with van der Waals surface area (Å²) in [4.78, 5) is 4.70. The van der Waals surface area contributed by atoms with Crippen LogP contribution < -0.4 is 10.6 Å². The molecule has 3 aromatic rings. The predicted molar refractivity (Wildman–Crippen MR) is 118 cm³/mol. The Labute approximate surface area is 181 Å². The Morgan fingerprint density at radius 1 is 1.10 bits per heavy atom. The first kappa shape index (κ1) is 21.1. The highest BCUT2D eigenvalue weighted by atomic mass is 35.5. The number of halogens is 2. The lowest BCUT2D eigenvalue weighted by Gasteiger charge is -2.14. The topological polar surface area (TPSA) is 67.1 Å². The van der Waals surface area contributed by atoms with Gasteiger partial charge >= 0.3 is 0 Å². The fourth-order valence-electron chi connectivity index (χ4n) is 2.81. The molecule has 3 rings (SSSR count). The van der Waals surface area contributed by atoms with E-state index in [-0.39, 0.29) is 0 Å². The van der Waals surface area contributed by atoms with Gasteiger partial charge in [0.1, 0.15) is 12.2 Å². The quantitative estimate of drug-likeness (QED) is 0.417. The smallest absolute Gasteiger partial charge is 0.191 e. The van der Waals surface area contributed by atoms with Crippen LogP contribution >= 0.6 is 23.2 Å². The molecule has 0 radical (unpaired) electrons. The lowest BCUT2D eigenvalue weighted by molar-refractivity contribution is 0.631. The van der Waals surface area contributed by atoms with Crippen molar-refractivity contribution in [3.05, 3.63) is 81.9 Å². The molecule has 1 aromatic heterocycles. The summed E-state index contributed by atoms with van der Waals surface area (Å²) >= 11 is 12.3. The minimum absolute atomic E-state index is 0.545. The summed E-state index contributed by atoms with van der Waals surface area (Å²) < 4.78 is 2.04. The summed E-state index contributed by atoms with van der Waals surface area (Å²) in [5.74, 6) is 1.68. The van der Waals surface area contributed by atoms with Crippen molar-refractivity contribution >= 4 is 29.2 Å². The van der Waals surface area contributed by atoms with Crippen LogP contribution in [0, 0.1) is 0 Å². The molecule has 6 nitrogen and oxygen atoms in total. The molecule has 0 saturated heterocycles. The number of guanidine groups is 1. The van der Waals surface area contributed by atoms with E-state index in [1.54, 1.807) is 12.4 Å². The van der Waals surface area contributed by atoms with Crippen LogP contribution in [0.15, 0.2) is 59.9 Å². The molecule has 8 heteroatoms. The number of rotatable bonds is 8. The van der Waals surface area contributed by atoms with Gasteiger partial charge in [0.05, 0.1) is 6.54 Å².